The summed E-state index contributed by atoms with van der Waals surface area (Å²) in [5.74, 6) is 0.303. The molecule has 0 aromatic carbocycles. The van der Waals surface area contributed by atoms with Gasteiger partial charge in [0.25, 0.3) is 0 Å². The van der Waals surface area contributed by atoms with Crippen molar-refractivity contribution in [2.24, 2.45) is 17.1 Å². The van der Waals surface area contributed by atoms with Gasteiger partial charge in [-0.15, -0.1) is 0 Å². The molecule has 0 saturated heterocycles. The molecule has 3 heteroatoms. The number of hydrogen-bond donors (Lipinski definition) is 1. The second kappa shape index (κ2) is 3.54. The Balaban J connectivity index is 2.49. The minimum atomic E-state index is -0.700. The third-order valence-electron chi connectivity index (χ3n) is 3.13. The predicted octanol–water partition coefficient (Wildman–Crippen LogP) is 1.70. The molecule has 82 valence electrons. The Morgan fingerprint density at radius 3 is 2.36 bits per heavy atom. The molecule has 0 radical (unpaired) electrons. The normalized spacial score (nSPS) is 32.2. The number of ether oxygens (including phenoxy) is 1. The van der Waals surface area contributed by atoms with Crippen LogP contribution >= 0.6 is 0 Å². The van der Waals surface area contributed by atoms with Gasteiger partial charge < -0.3 is 10.5 Å². The minimum absolute atomic E-state index is 0.236. The van der Waals surface area contributed by atoms with Gasteiger partial charge in [0.2, 0.25) is 0 Å². The Labute approximate surface area is 86.0 Å². The number of carbonyl (C=O) groups excluding carboxylic acids is 1. The highest BCUT2D eigenvalue weighted by molar-refractivity contribution is 5.81. The van der Waals surface area contributed by atoms with Crippen molar-refractivity contribution in [3.8, 4) is 0 Å². The van der Waals surface area contributed by atoms with E-state index in [2.05, 4.69) is 20.8 Å². The predicted molar refractivity (Wildman–Crippen MR) is 55.7 cm³/mol. The lowest BCUT2D eigenvalue weighted by atomic mass is 9.59. The second-order valence-electron chi connectivity index (χ2n) is 5.35. The largest absolute Gasteiger partial charge is 0.465 e. The van der Waals surface area contributed by atoms with E-state index >= 15 is 0 Å². The van der Waals surface area contributed by atoms with E-state index in [4.69, 9.17) is 10.5 Å². The van der Waals surface area contributed by atoms with Crippen LogP contribution in [-0.2, 0) is 9.53 Å². The third kappa shape index (κ3) is 2.08. The minimum Gasteiger partial charge on any atom is -0.465 e. The third-order valence-corrected chi connectivity index (χ3v) is 3.13. The fourth-order valence-corrected chi connectivity index (χ4v) is 1.87. The molecule has 0 bridgehead atoms. The molecule has 2 N–H and O–H groups in total. The second-order valence-corrected chi connectivity index (χ2v) is 5.35. The van der Waals surface area contributed by atoms with E-state index in [0.717, 1.165) is 12.8 Å². The van der Waals surface area contributed by atoms with E-state index in [1.54, 1.807) is 6.92 Å². The highest BCUT2D eigenvalue weighted by atomic mass is 16.5. The highest BCUT2D eigenvalue weighted by Gasteiger charge is 2.51. The van der Waals surface area contributed by atoms with Crippen LogP contribution in [0, 0.1) is 11.3 Å². The molecular weight excluding hydrogens is 178 g/mol. The Morgan fingerprint density at radius 1 is 1.50 bits per heavy atom. The molecule has 1 aliphatic carbocycles. The maximum atomic E-state index is 11.5. The molecule has 14 heavy (non-hydrogen) atoms. The van der Waals surface area contributed by atoms with E-state index < -0.39 is 5.54 Å². The van der Waals surface area contributed by atoms with Gasteiger partial charge in [0.15, 0.2) is 0 Å². The number of carbonyl (C=O) groups is 1. The summed E-state index contributed by atoms with van der Waals surface area (Å²) in [5, 5.41) is 0. The average molecular weight is 199 g/mol. The van der Waals surface area contributed by atoms with Crippen molar-refractivity contribution in [1.82, 2.24) is 0 Å². The van der Waals surface area contributed by atoms with Gasteiger partial charge in [0.05, 0.1) is 6.61 Å². The van der Waals surface area contributed by atoms with Crippen molar-refractivity contribution in [1.29, 1.82) is 0 Å². The van der Waals surface area contributed by atoms with Gasteiger partial charge in [-0.2, -0.15) is 0 Å². The zero-order valence-electron chi connectivity index (χ0n) is 9.59. The zero-order valence-corrected chi connectivity index (χ0v) is 9.59. The Morgan fingerprint density at radius 2 is 2.00 bits per heavy atom. The first-order valence-electron chi connectivity index (χ1n) is 5.25. The van der Waals surface area contributed by atoms with E-state index in [0.29, 0.717) is 12.5 Å². The average Bonchev–Trinajstić information content (AvgIpc) is 1.97. The van der Waals surface area contributed by atoms with Crippen LogP contribution in [0.25, 0.3) is 0 Å². The fourth-order valence-electron chi connectivity index (χ4n) is 1.87. The van der Waals surface area contributed by atoms with E-state index in [1.165, 1.54) is 0 Å². The van der Waals surface area contributed by atoms with E-state index in [-0.39, 0.29) is 11.4 Å². The molecule has 0 unspecified atom stereocenters. The van der Waals surface area contributed by atoms with Gasteiger partial charge >= 0.3 is 5.97 Å². The molecule has 0 spiro atoms. The summed E-state index contributed by atoms with van der Waals surface area (Å²) < 4.78 is 4.95. The quantitative estimate of drug-likeness (QED) is 0.689. The summed E-state index contributed by atoms with van der Waals surface area (Å²) in [6.07, 6.45) is 1.52. The molecule has 1 aliphatic rings. The van der Waals surface area contributed by atoms with Crippen LogP contribution < -0.4 is 5.73 Å². The molecule has 1 saturated carbocycles. The van der Waals surface area contributed by atoms with Crippen LogP contribution in [0.4, 0.5) is 0 Å². The van der Waals surface area contributed by atoms with Gasteiger partial charge in [0.1, 0.15) is 5.54 Å². The highest BCUT2D eigenvalue weighted by Crippen LogP contribution is 2.46. The molecule has 1 rings (SSSR count). The van der Waals surface area contributed by atoms with Crippen molar-refractivity contribution in [2.75, 3.05) is 6.61 Å². The first-order valence-corrected chi connectivity index (χ1v) is 5.25. The molecule has 0 aliphatic heterocycles. The van der Waals surface area contributed by atoms with Crippen LogP contribution in [0.3, 0.4) is 0 Å². The van der Waals surface area contributed by atoms with Crippen LogP contribution in [0.15, 0.2) is 0 Å². The molecule has 0 atom stereocenters. The standard InChI is InChI=1S/C11H21NO2/c1-5-14-9(13)11(12)6-8(7-11)10(2,3)4/h8H,5-7,12H2,1-4H3. The van der Waals surface area contributed by atoms with E-state index in [1.807, 2.05) is 0 Å². The summed E-state index contributed by atoms with van der Waals surface area (Å²) >= 11 is 0. The monoisotopic (exact) mass is 199 g/mol. The summed E-state index contributed by atoms with van der Waals surface area (Å²) in [6.45, 7) is 8.77. The summed E-state index contributed by atoms with van der Waals surface area (Å²) in [6, 6.07) is 0. The zero-order chi connectivity index (χ0) is 11.0. The van der Waals surface area contributed by atoms with Crippen LogP contribution in [-0.4, -0.2) is 18.1 Å². The summed E-state index contributed by atoms with van der Waals surface area (Å²) in [4.78, 5) is 11.5. The summed E-state index contributed by atoms with van der Waals surface area (Å²) in [7, 11) is 0. The lowest BCUT2D eigenvalue weighted by Crippen LogP contribution is -2.61. The first-order chi connectivity index (χ1) is 6.29. The van der Waals surface area contributed by atoms with E-state index in [9.17, 15) is 4.79 Å². The fraction of sp³-hybridized carbons (Fsp3) is 0.909. The van der Waals surface area contributed by atoms with Gasteiger partial charge in [-0.05, 0) is 31.1 Å². The van der Waals surface area contributed by atoms with Crippen molar-refractivity contribution in [3.63, 3.8) is 0 Å². The Kier molecular flexibility index (Phi) is 2.91. The van der Waals surface area contributed by atoms with Crippen molar-refractivity contribution < 1.29 is 9.53 Å². The number of esters is 1. The Hall–Kier alpha value is -0.570. The van der Waals surface area contributed by atoms with Gasteiger partial charge in [-0.1, -0.05) is 20.8 Å². The lowest BCUT2D eigenvalue weighted by Gasteiger charge is -2.48. The topological polar surface area (TPSA) is 52.3 Å². The van der Waals surface area contributed by atoms with Gasteiger partial charge in [-0.3, -0.25) is 4.79 Å². The SMILES string of the molecule is CCOC(=O)C1(N)CC(C(C)(C)C)C1. The first kappa shape index (κ1) is 11.5. The molecule has 0 aromatic heterocycles. The Bertz CT molecular complexity index is 224. The molecule has 3 nitrogen and oxygen atoms in total. The van der Waals surface area contributed by atoms with Gasteiger partial charge in [-0.25, -0.2) is 0 Å². The van der Waals surface area contributed by atoms with Crippen molar-refractivity contribution in [3.05, 3.63) is 0 Å². The molecule has 0 aromatic rings. The molecule has 1 fully saturated rings. The van der Waals surface area contributed by atoms with Crippen molar-refractivity contribution in [2.45, 2.75) is 46.1 Å². The summed E-state index contributed by atoms with van der Waals surface area (Å²) in [5.41, 5.74) is 5.49. The lowest BCUT2D eigenvalue weighted by molar-refractivity contribution is -0.157. The smallest absolute Gasteiger partial charge is 0.326 e. The van der Waals surface area contributed by atoms with Crippen LogP contribution in [0.1, 0.15) is 40.5 Å². The van der Waals surface area contributed by atoms with Crippen LogP contribution in [0.5, 0.6) is 0 Å². The molecule has 0 amide bonds. The maximum Gasteiger partial charge on any atom is 0.326 e. The molecule has 0 heterocycles. The number of rotatable bonds is 2. The van der Waals surface area contributed by atoms with Gasteiger partial charge in [0, 0.05) is 0 Å². The van der Waals surface area contributed by atoms with Crippen molar-refractivity contribution >= 4 is 5.97 Å². The molecular formula is C11H21NO2. The maximum absolute atomic E-state index is 11.5. The van der Waals surface area contributed by atoms with Crippen LogP contribution in [0.2, 0.25) is 0 Å². The number of nitrogens with two attached hydrogens (primary N) is 1. The number of hydrogen-bond acceptors (Lipinski definition) is 3.